The van der Waals surface area contributed by atoms with Gasteiger partial charge in [-0.05, 0) is 12.7 Å². The number of ether oxygens (including phenoxy) is 1. The summed E-state index contributed by atoms with van der Waals surface area (Å²) in [5.41, 5.74) is 6.51. The van der Waals surface area contributed by atoms with E-state index >= 15 is 0 Å². The van der Waals surface area contributed by atoms with Gasteiger partial charge in [0, 0.05) is 25.5 Å². The number of aryl methyl sites for hydroxylation is 1. The topological polar surface area (TPSA) is 82.2 Å². The maximum atomic E-state index is 11.7. The number of aromatic nitrogens is 2. The third-order valence-electron chi connectivity index (χ3n) is 2.91. The second-order valence-electron chi connectivity index (χ2n) is 4.28. The van der Waals surface area contributed by atoms with E-state index in [0.717, 1.165) is 29.4 Å². The van der Waals surface area contributed by atoms with Crippen LogP contribution in [-0.2, 0) is 11.3 Å². The van der Waals surface area contributed by atoms with E-state index in [0.29, 0.717) is 10.6 Å². The molecule has 0 radical (unpaired) electrons. The number of nitrogens with two attached hydrogens (primary N) is 1. The van der Waals surface area contributed by atoms with Gasteiger partial charge in [-0.3, -0.25) is 0 Å². The van der Waals surface area contributed by atoms with Crippen LogP contribution in [0, 0.1) is 0 Å². The fourth-order valence-electron chi connectivity index (χ4n) is 1.87. The van der Waals surface area contributed by atoms with E-state index in [1.807, 2.05) is 17.0 Å². The van der Waals surface area contributed by atoms with Crippen molar-refractivity contribution in [2.45, 2.75) is 17.9 Å². The Hall–Kier alpha value is -1.67. The summed E-state index contributed by atoms with van der Waals surface area (Å²) in [4.78, 5) is 17.0. The van der Waals surface area contributed by atoms with Gasteiger partial charge in [-0.25, -0.2) is 9.78 Å². The van der Waals surface area contributed by atoms with Crippen molar-refractivity contribution in [1.29, 1.82) is 0 Å². The zero-order chi connectivity index (χ0) is 15.2. The van der Waals surface area contributed by atoms with E-state index < -0.39 is 0 Å². The smallest absolute Gasteiger partial charge is 0.350 e. The molecule has 0 saturated heterocycles. The molecule has 114 valence electrons. The molecule has 2 rings (SSSR count). The zero-order valence-electron chi connectivity index (χ0n) is 12.0. The van der Waals surface area contributed by atoms with Crippen LogP contribution in [0.25, 0.3) is 0 Å². The third kappa shape index (κ3) is 3.70. The number of carbonyl (C=O) groups excluding carboxylic acids is 1. The largest absolute Gasteiger partial charge is 0.465 e. The van der Waals surface area contributed by atoms with Crippen LogP contribution < -0.4 is 11.1 Å². The molecule has 21 heavy (non-hydrogen) atoms. The van der Waals surface area contributed by atoms with Gasteiger partial charge < -0.3 is 20.4 Å². The van der Waals surface area contributed by atoms with E-state index in [4.69, 9.17) is 10.5 Å². The minimum Gasteiger partial charge on any atom is -0.465 e. The first-order valence-corrected chi connectivity index (χ1v) is 8.45. The number of esters is 1. The van der Waals surface area contributed by atoms with Crippen molar-refractivity contribution in [3.8, 4) is 0 Å². The number of rotatable bonds is 7. The SMILES string of the molecule is COC(=O)c1sc(NCCCn2ccnc2)c(SC)c1N. The normalized spacial score (nSPS) is 10.6. The minimum atomic E-state index is -0.390. The molecule has 2 aromatic rings. The molecule has 0 bridgehead atoms. The predicted octanol–water partition coefficient (Wildman–Crippen LogP) is 2.54. The highest BCUT2D eigenvalue weighted by Gasteiger charge is 2.20. The number of imidazole rings is 1. The second-order valence-corrected chi connectivity index (χ2v) is 6.12. The predicted molar refractivity (Wildman–Crippen MR) is 87.2 cm³/mol. The highest BCUT2D eigenvalue weighted by Crippen LogP contribution is 2.41. The van der Waals surface area contributed by atoms with Crippen molar-refractivity contribution in [2.75, 3.05) is 31.0 Å². The average molecular weight is 326 g/mol. The summed E-state index contributed by atoms with van der Waals surface area (Å²) < 4.78 is 6.78. The lowest BCUT2D eigenvalue weighted by molar-refractivity contribution is 0.0607. The van der Waals surface area contributed by atoms with Crippen molar-refractivity contribution < 1.29 is 9.53 Å². The molecule has 0 saturated carbocycles. The first-order valence-electron chi connectivity index (χ1n) is 6.41. The molecule has 0 aliphatic carbocycles. The van der Waals surface area contributed by atoms with Crippen molar-refractivity contribution in [1.82, 2.24) is 9.55 Å². The van der Waals surface area contributed by atoms with Gasteiger partial charge in [-0.15, -0.1) is 23.1 Å². The standard InChI is InChI=1S/C13H18N4O2S2/c1-19-13(18)11-9(14)10(20-2)12(21-11)16-4-3-6-17-7-5-15-8-17/h5,7-8,16H,3-4,6,14H2,1-2H3. The Labute approximate surface area is 131 Å². The minimum absolute atomic E-state index is 0.390. The molecule has 0 spiro atoms. The highest BCUT2D eigenvalue weighted by atomic mass is 32.2. The number of nitrogens with zero attached hydrogens (tertiary/aromatic N) is 2. The molecule has 0 aliphatic rings. The average Bonchev–Trinajstić information content (AvgIpc) is 3.10. The van der Waals surface area contributed by atoms with Crippen LogP contribution in [-0.4, -0.2) is 35.4 Å². The number of anilines is 2. The first-order chi connectivity index (χ1) is 10.2. The maximum Gasteiger partial charge on any atom is 0.350 e. The molecule has 0 amide bonds. The third-order valence-corrected chi connectivity index (χ3v) is 5.02. The van der Waals surface area contributed by atoms with E-state index in [1.165, 1.54) is 30.2 Å². The number of nitrogens with one attached hydrogen (secondary N) is 1. The number of carbonyl (C=O) groups is 1. The Morgan fingerprint density at radius 1 is 1.62 bits per heavy atom. The molecular formula is C13H18N4O2S2. The Morgan fingerprint density at radius 3 is 3.05 bits per heavy atom. The molecule has 6 nitrogen and oxygen atoms in total. The lowest BCUT2D eigenvalue weighted by Gasteiger charge is -2.06. The van der Waals surface area contributed by atoms with Gasteiger partial charge in [-0.2, -0.15) is 0 Å². The fourth-order valence-corrected chi connectivity index (χ4v) is 3.85. The molecule has 2 aromatic heterocycles. The number of hydrogen-bond acceptors (Lipinski definition) is 7. The monoisotopic (exact) mass is 326 g/mol. The summed E-state index contributed by atoms with van der Waals surface area (Å²) in [5.74, 6) is -0.390. The second kappa shape index (κ2) is 7.37. The van der Waals surface area contributed by atoms with Crippen LogP contribution in [0.4, 0.5) is 10.7 Å². The molecule has 0 unspecified atom stereocenters. The molecule has 0 aliphatic heterocycles. The van der Waals surface area contributed by atoms with Crippen LogP contribution in [0.3, 0.4) is 0 Å². The summed E-state index contributed by atoms with van der Waals surface area (Å²) in [6, 6.07) is 0. The number of thioether (sulfide) groups is 1. The molecule has 0 fully saturated rings. The Balaban J connectivity index is 1.97. The van der Waals surface area contributed by atoms with Gasteiger partial charge >= 0.3 is 5.97 Å². The Bertz CT molecular complexity index is 596. The Morgan fingerprint density at radius 2 is 2.43 bits per heavy atom. The molecule has 0 aromatic carbocycles. The first kappa shape index (κ1) is 15.7. The van der Waals surface area contributed by atoms with Crippen LogP contribution in [0.5, 0.6) is 0 Å². The number of hydrogen-bond donors (Lipinski definition) is 2. The highest BCUT2D eigenvalue weighted by molar-refractivity contribution is 7.99. The van der Waals surface area contributed by atoms with Gasteiger partial charge in [0.1, 0.15) is 9.88 Å². The van der Waals surface area contributed by atoms with Crippen molar-refractivity contribution in [3.05, 3.63) is 23.6 Å². The van der Waals surface area contributed by atoms with Gasteiger partial charge in [0.15, 0.2) is 0 Å². The lowest BCUT2D eigenvalue weighted by Crippen LogP contribution is -2.05. The molecular weight excluding hydrogens is 308 g/mol. The van der Waals surface area contributed by atoms with Crippen LogP contribution in [0.1, 0.15) is 16.1 Å². The summed E-state index contributed by atoms with van der Waals surface area (Å²) in [7, 11) is 1.36. The van der Waals surface area contributed by atoms with Crippen LogP contribution in [0.15, 0.2) is 23.6 Å². The van der Waals surface area contributed by atoms with Crippen molar-refractivity contribution in [3.63, 3.8) is 0 Å². The zero-order valence-corrected chi connectivity index (χ0v) is 13.6. The molecule has 8 heteroatoms. The van der Waals surface area contributed by atoms with Gasteiger partial charge in [-0.1, -0.05) is 0 Å². The maximum absolute atomic E-state index is 11.7. The molecule has 3 N–H and O–H groups in total. The van der Waals surface area contributed by atoms with E-state index in [2.05, 4.69) is 10.3 Å². The molecule has 0 atom stereocenters. The van der Waals surface area contributed by atoms with Crippen LogP contribution >= 0.6 is 23.1 Å². The van der Waals surface area contributed by atoms with E-state index in [9.17, 15) is 4.79 Å². The van der Waals surface area contributed by atoms with Crippen LogP contribution in [0.2, 0.25) is 0 Å². The number of nitrogen functional groups attached to an aromatic ring is 1. The summed E-state index contributed by atoms with van der Waals surface area (Å²) in [6.07, 6.45) is 8.39. The summed E-state index contributed by atoms with van der Waals surface area (Å²) in [5, 5.41) is 4.27. The van der Waals surface area contributed by atoms with Crippen molar-refractivity contribution in [2.24, 2.45) is 0 Å². The van der Waals surface area contributed by atoms with E-state index in [1.54, 1.807) is 12.5 Å². The quantitative estimate of drug-likeness (QED) is 0.462. The number of methoxy groups -OCH3 is 1. The molecule has 2 heterocycles. The fraction of sp³-hybridized carbons (Fsp3) is 0.385. The van der Waals surface area contributed by atoms with Gasteiger partial charge in [0.2, 0.25) is 0 Å². The Kier molecular flexibility index (Phi) is 5.51. The lowest BCUT2D eigenvalue weighted by atomic mass is 10.4. The van der Waals surface area contributed by atoms with Crippen molar-refractivity contribution >= 4 is 39.8 Å². The summed E-state index contributed by atoms with van der Waals surface area (Å²) >= 11 is 2.87. The summed E-state index contributed by atoms with van der Waals surface area (Å²) in [6.45, 7) is 1.69. The van der Waals surface area contributed by atoms with Gasteiger partial charge in [0.05, 0.1) is 24.0 Å². The number of thiophene rings is 1. The van der Waals surface area contributed by atoms with E-state index in [-0.39, 0.29) is 5.97 Å². The van der Waals surface area contributed by atoms with Gasteiger partial charge in [0.25, 0.3) is 0 Å².